The van der Waals surface area contributed by atoms with Gasteiger partial charge in [0.05, 0.1) is 0 Å². The third kappa shape index (κ3) is 1.96. The van der Waals surface area contributed by atoms with Gasteiger partial charge in [0.1, 0.15) is 0 Å². The number of nitrogens with zero attached hydrogens (tertiary/aromatic N) is 1. The highest BCUT2D eigenvalue weighted by Crippen LogP contribution is 2.06. The van der Waals surface area contributed by atoms with E-state index < -0.39 is 0 Å². The Balaban J connectivity index is 3.80. The first-order valence-electron chi connectivity index (χ1n) is 2.66. The molecule has 0 heterocycles. The Bertz CT molecular complexity index is 83.0. The molecule has 0 saturated heterocycles. The van der Waals surface area contributed by atoms with Crippen molar-refractivity contribution in [3.8, 4) is 0 Å². The van der Waals surface area contributed by atoms with Crippen LogP contribution < -0.4 is 0 Å². The van der Waals surface area contributed by atoms with Crippen molar-refractivity contribution < 1.29 is 4.79 Å². The van der Waals surface area contributed by atoms with Crippen LogP contribution in [-0.2, 0) is 4.79 Å². The summed E-state index contributed by atoms with van der Waals surface area (Å²) in [5.41, 5.74) is -0.0260. The van der Waals surface area contributed by atoms with Gasteiger partial charge in [-0.15, -0.1) is 0 Å². The van der Waals surface area contributed by atoms with Gasteiger partial charge < -0.3 is 4.90 Å². The second-order valence-corrected chi connectivity index (χ2v) is 2.89. The fraction of sp³-hybridized carbons (Fsp3) is 0.833. The van der Waals surface area contributed by atoms with Gasteiger partial charge in [0.25, 0.3) is 0 Å². The Labute approximate surface area is 50.5 Å². The van der Waals surface area contributed by atoms with Crippen LogP contribution in [0.25, 0.3) is 0 Å². The minimum absolute atomic E-state index is 0.0260. The molecule has 2 heteroatoms. The molecule has 0 aromatic heterocycles. The Morgan fingerprint density at radius 1 is 1.38 bits per heavy atom. The van der Waals surface area contributed by atoms with E-state index in [2.05, 4.69) is 0 Å². The van der Waals surface area contributed by atoms with Crippen molar-refractivity contribution in [3.05, 3.63) is 0 Å². The van der Waals surface area contributed by atoms with E-state index in [9.17, 15) is 4.79 Å². The van der Waals surface area contributed by atoms with Crippen LogP contribution >= 0.6 is 0 Å². The normalized spacial score (nSPS) is 11.0. The van der Waals surface area contributed by atoms with Crippen LogP contribution in [0.15, 0.2) is 0 Å². The number of carbonyl (C=O) groups excluding carboxylic acids is 1. The molecule has 0 fully saturated rings. The van der Waals surface area contributed by atoms with E-state index >= 15 is 0 Å². The summed E-state index contributed by atoms with van der Waals surface area (Å²) in [4.78, 5) is 11.7. The quantitative estimate of drug-likeness (QED) is 0.464. The van der Waals surface area contributed by atoms with Crippen molar-refractivity contribution in [2.75, 3.05) is 7.05 Å². The average molecular weight is 115 g/mol. The van der Waals surface area contributed by atoms with E-state index in [1.807, 2.05) is 20.8 Å². The minimum atomic E-state index is -0.0260. The van der Waals surface area contributed by atoms with Crippen LogP contribution in [0, 0.1) is 0 Å². The summed E-state index contributed by atoms with van der Waals surface area (Å²) in [6.45, 7) is 5.96. The van der Waals surface area contributed by atoms with Gasteiger partial charge in [-0.05, 0) is 20.8 Å². The SMILES string of the molecule is CN(C=O)C(C)(C)C. The van der Waals surface area contributed by atoms with Gasteiger partial charge in [-0.3, -0.25) is 4.79 Å². The van der Waals surface area contributed by atoms with Crippen LogP contribution in [-0.4, -0.2) is 23.9 Å². The van der Waals surface area contributed by atoms with Gasteiger partial charge in [0.15, 0.2) is 0 Å². The molecule has 0 N–H and O–H groups in total. The molecular formula is C6H13NO. The Morgan fingerprint density at radius 2 is 1.75 bits per heavy atom. The van der Waals surface area contributed by atoms with E-state index in [0.717, 1.165) is 6.41 Å². The summed E-state index contributed by atoms with van der Waals surface area (Å²) >= 11 is 0. The van der Waals surface area contributed by atoms with Gasteiger partial charge in [-0.25, -0.2) is 0 Å². The lowest BCUT2D eigenvalue weighted by molar-refractivity contribution is -0.120. The lowest BCUT2D eigenvalue weighted by Gasteiger charge is -2.27. The van der Waals surface area contributed by atoms with Crippen molar-refractivity contribution in [2.45, 2.75) is 26.3 Å². The van der Waals surface area contributed by atoms with E-state index in [1.165, 1.54) is 0 Å². The maximum Gasteiger partial charge on any atom is 0.209 e. The lowest BCUT2D eigenvalue weighted by Crippen LogP contribution is -2.36. The molecule has 0 aliphatic rings. The molecule has 0 aromatic rings. The van der Waals surface area contributed by atoms with Crippen LogP contribution in [0.5, 0.6) is 0 Å². The van der Waals surface area contributed by atoms with Crippen molar-refractivity contribution in [1.29, 1.82) is 0 Å². The fourth-order valence-corrected chi connectivity index (χ4v) is 0.158. The predicted octanol–water partition coefficient (Wildman–Crippen LogP) is 0.873. The van der Waals surface area contributed by atoms with Crippen LogP contribution in [0.3, 0.4) is 0 Å². The Morgan fingerprint density at radius 3 is 1.75 bits per heavy atom. The summed E-state index contributed by atoms with van der Waals surface area (Å²) < 4.78 is 0. The topological polar surface area (TPSA) is 20.3 Å². The van der Waals surface area contributed by atoms with Gasteiger partial charge in [0.2, 0.25) is 6.41 Å². The number of hydrogen-bond donors (Lipinski definition) is 0. The van der Waals surface area contributed by atoms with Crippen LogP contribution in [0.2, 0.25) is 0 Å². The zero-order chi connectivity index (χ0) is 6.78. The molecule has 0 unspecified atom stereocenters. The smallest absolute Gasteiger partial charge is 0.209 e. The monoisotopic (exact) mass is 115 g/mol. The number of rotatable bonds is 1. The largest absolute Gasteiger partial charge is 0.343 e. The molecule has 0 atom stereocenters. The molecule has 0 aliphatic heterocycles. The van der Waals surface area contributed by atoms with Crippen molar-refractivity contribution in [1.82, 2.24) is 4.90 Å². The van der Waals surface area contributed by atoms with E-state index in [4.69, 9.17) is 0 Å². The second kappa shape index (κ2) is 2.16. The van der Waals surface area contributed by atoms with Crippen LogP contribution in [0.4, 0.5) is 0 Å². The summed E-state index contributed by atoms with van der Waals surface area (Å²) in [7, 11) is 1.77. The molecule has 0 saturated carbocycles. The number of amides is 1. The summed E-state index contributed by atoms with van der Waals surface area (Å²) in [6, 6.07) is 0. The third-order valence-electron chi connectivity index (χ3n) is 1.22. The maximum atomic E-state index is 10.1. The Kier molecular flexibility index (Phi) is 2.02. The van der Waals surface area contributed by atoms with E-state index in [1.54, 1.807) is 11.9 Å². The zero-order valence-corrected chi connectivity index (χ0v) is 5.93. The minimum Gasteiger partial charge on any atom is -0.343 e. The van der Waals surface area contributed by atoms with Crippen molar-refractivity contribution in [3.63, 3.8) is 0 Å². The molecule has 0 aliphatic carbocycles. The first-order valence-corrected chi connectivity index (χ1v) is 2.66. The molecule has 8 heavy (non-hydrogen) atoms. The molecule has 0 spiro atoms. The second-order valence-electron chi connectivity index (χ2n) is 2.89. The van der Waals surface area contributed by atoms with Gasteiger partial charge in [-0.2, -0.15) is 0 Å². The van der Waals surface area contributed by atoms with Crippen molar-refractivity contribution >= 4 is 6.41 Å². The van der Waals surface area contributed by atoms with Gasteiger partial charge in [0, 0.05) is 12.6 Å². The first kappa shape index (κ1) is 7.47. The molecule has 0 rings (SSSR count). The van der Waals surface area contributed by atoms with Crippen LogP contribution in [0.1, 0.15) is 20.8 Å². The summed E-state index contributed by atoms with van der Waals surface area (Å²) in [5, 5.41) is 0. The zero-order valence-electron chi connectivity index (χ0n) is 5.93. The molecular weight excluding hydrogens is 102 g/mol. The molecule has 2 nitrogen and oxygen atoms in total. The average Bonchev–Trinajstić information content (AvgIpc) is 1.62. The molecule has 0 radical (unpaired) electrons. The highest BCUT2D eigenvalue weighted by atomic mass is 16.1. The highest BCUT2D eigenvalue weighted by molar-refractivity contribution is 5.47. The first-order chi connectivity index (χ1) is 3.48. The number of carbonyl (C=O) groups is 1. The Hall–Kier alpha value is -0.530. The summed E-state index contributed by atoms with van der Waals surface area (Å²) in [6.07, 6.45) is 0.833. The number of hydrogen-bond acceptors (Lipinski definition) is 1. The fourth-order valence-electron chi connectivity index (χ4n) is 0.158. The highest BCUT2D eigenvalue weighted by Gasteiger charge is 2.13. The lowest BCUT2D eigenvalue weighted by atomic mass is 10.1. The van der Waals surface area contributed by atoms with E-state index in [-0.39, 0.29) is 5.54 Å². The molecule has 1 amide bonds. The maximum absolute atomic E-state index is 10.1. The third-order valence-corrected chi connectivity index (χ3v) is 1.22. The van der Waals surface area contributed by atoms with Gasteiger partial charge in [-0.1, -0.05) is 0 Å². The van der Waals surface area contributed by atoms with Crippen molar-refractivity contribution in [2.24, 2.45) is 0 Å². The standard InChI is InChI=1S/C6H13NO/c1-6(2,3)7(4)5-8/h5H,1-4H3. The van der Waals surface area contributed by atoms with E-state index in [0.29, 0.717) is 0 Å². The summed E-state index contributed by atoms with van der Waals surface area (Å²) in [5.74, 6) is 0. The van der Waals surface area contributed by atoms with Gasteiger partial charge >= 0.3 is 0 Å². The predicted molar refractivity (Wildman–Crippen MR) is 33.6 cm³/mol. The molecule has 0 bridgehead atoms. The molecule has 48 valence electrons. The molecule has 0 aromatic carbocycles.